The fraction of sp³-hybridized carbons (Fsp3) is 0. The molecule has 5 heteroatoms. The number of hydrogen-bond donors (Lipinski definition) is 4. The van der Waals surface area contributed by atoms with Gasteiger partial charge in [-0.25, -0.2) is 0 Å². The summed E-state index contributed by atoms with van der Waals surface area (Å²) in [6, 6.07) is 10.8. The maximum absolute atomic E-state index is 5.89. The van der Waals surface area contributed by atoms with E-state index in [1.807, 2.05) is 24.3 Å². The van der Waals surface area contributed by atoms with Crippen LogP contribution >= 0.6 is 11.8 Å². The molecule has 0 saturated heterocycles. The summed E-state index contributed by atoms with van der Waals surface area (Å²) < 4.78 is 0. The van der Waals surface area contributed by atoms with Crippen molar-refractivity contribution >= 4 is 34.5 Å². The fourth-order valence-corrected chi connectivity index (χ4v) is 2.37. The van der Waals surface area contributed by atoms with Crippen LogP contribution < -0.4 is 22.9 Å². The number of nitrogen functional groups attached to an aromatic ring is 4. The topological polar surface area (TPSA) is 104 Å². The summed E-state index contributed by atoms with van der Waals surface area (Å²) in [4.78, 5) is 1.72. The first-order chi connectivity index (χ1) is 8.08. The minimum absolute atomic E-state index is 0.623. The van der Waals surface area contributed by atoms with E-state index in [0.29, 0.717) is 22.7 Å². The van der Waals surface area contributed by atoms with Gasteiger partial charge in [-0.1, -0.05) is 17.8 Å². The van der Waals surface area contributed by atoms with Gasteiger partial charge >= 0.3 is 0 Å². The summed E-state index contributed by atoms with van der Waals surface area (Å²) in [5.74, 6) is 0. The van der Waals surface area contributed by atoms with Crippen LogP contribution in [0.5, 0.6) is 0 Å². The number of benzene rings is 2. The van der Waals surface area contributed by atoms with Crippen LogP contribution in [-0.4, -0.2) is 0 Å². The summed E-state index contributed by atoms with van der Waals surface area (Å²) in [5.41, 5.74) is 25.8. The molecular formula is C12H14N4S. The molecule has 4 nitrogen and oxygen atoms in total. The predicted octanol–water partition coefficient (Wildman–Crippen LogP) is 2.17. The highest BCUT2D eigenvalue weighted by Crippen LogP contribution is 2.39. The molecule has 0 atom stereocenters. The molecular weight excluding hydrogens is 232 g/mol. The van der Waals surface area contributed by atoms with E-state index in [4.69, 9.17) is 22.9 Å². The van der Waals surface area contributed by atoms with Crippen molar-refractivity contribution in [1.29, 1.82) is 0 Å². The van der Waals surface area contributed by atoms with Crippen LogP contribution in [0.25, 0.3) is 0 Å². The van der Waals surface area contributed by atoms with Crippen molar-refractivity contribution < 1.29 is 0 Å². The zero-order valence-corrected chi connectivity index (χ0v) is 10.00. The Bertz CT molecular complexity index is 534. The predicted molar refractivity (Wildman–Crippen MR) is 74.7 cm³/mol. The van der Waals surface area contributed by atoms with Gasteiger partial charge in [0, 0.05) is 27.6 Å². The van der Waals surface area contributed by atoms with Gasteiger partial charge in [0.25, 0.3) is 0 Å². The Balaban J connectivity index is 2.38. The number of hydrogen-bond acceptors (Lipinski definition) is 5. The lowest BCUT2D eigenvalue weighted by atomic mass is 10.3. The third-order valence-corrected chi connectivity index (χ3v) is 3.59. The van der Waals surface area contributed by atoms with E-state index >= 15 is 0 Å². The maximum atomic E-state index is 5.89. The van der Waals surface area contributed by atoms with Gasteiger partial charge in [-0.3, -0.25) is 0 Å². The molecule has 0 radical (unpaired) electrons. The molecule has 0 heterocycles. The normalized spacial score (nSPS) is 10.4. The van der Waals surface area contributed by atoms with Gasteiger partial charge in [0.15, 0.2) is 0 Å². The Morgan fingerprint density at radius 3 is 2.00 bits per heavy atom. The second-order valence-corrected chi connectivity index (χ2v) is 4.72. The third kappa shape index (κ3) is 2.39. The van der Waals surface area contributed by atoms with Gasteiger partial charge < -0.3 is 22.9 Å². The van der Waals surface area contributed by atoms with Gasteiger partial charge in [0.1, 0.15) is 0 Å². The van der Waals surface area contributed by atoms with E-state index in [0.717, 1.165) is 9.79 Å². The van der Waals surface area contributed by atoms with E-state index in [9.17, 15) is 0 Å². The Morgan fingerprint density at radius 1 is 0.765 bits per heavy atom. The molecule has 8 N–H and O–H groups in total. The van der Waals surface area contributed by atoms with Crippen molar-refractivity contribution in [2.75, 3.05) is 22.9 Å². The third-order valence-electron chi connectivity index (χ3n) is 2.32. The van der Waals surface area contributed by atoms with Gasteiger partial charge in [-0.05, 0) is 30.3 Å². The lowest BCUT2D eigenvalue weighted by molar-refractivity contribution is 1.41. The number of nitrogens with two attached hydrogens (primary N) is 4. The molecule has 0 aliphatic rings. The van der Waals surface area contributed by atoms with Crippen molar-refractivity contribution in [3.8, 4) is 0 Å². The van der Waals surface area contributed by atoms with Crippen molar-refractivity contribution in [3.05, 3.63) is 36.4 Å². The molecule has 0 aliphatic carbocycles. The van der Waals surface area contributed by atoms with Gasteiger partial charge in [-0.2, -0.15) is 0 Å². The summed E-state index contributed by atoms with van der Waals surface area (Å²) >= 11 is 1.45. The van der Waals surface area contributed by atoms with E-state index in [-0.39, 0.29) is 0 Å². The molecule has 17 heavy (non-hydrogen) atoms. The maximum Gasteiger partial charge on any atom is 0.0582 e. The van der Waals surface area contributed by atoms with E-state index in [2.05, 4.69) is 0 Å². The molecule has 0 aromatic heterocycles. The summed E-state index contributed by atoms with van der Waals surface area (Å²) in [6.45, 7) is 0. The first kappa shape index (κ1) is 11.5. The van der Waals surface area contributed by atoms with Crippen molar-refractivity contribution in [3.63, 3.8) is 0 Å². The second kappa shape index (κ2) is 4.47. The SMILES string of the molecule is Nc1ccc(Sc2c(N)cccc2N)c(N)c1. The zero-order valence-electron chi connectivity index (χ0n) is 9.18. The summed E-state index contributed by atoms with van der Waals surface area (Å²) in [5, 5.41) is 0. The Kier molecular flexibility index (Phi) is 3.01. The van der Waals surface area contributed by atoms with Crippen LogP contribution in [0, 0.1) is 0 Å². The molecule has 0 bridgehead atoms. The smallest absolute Gasteiger partial charge is 0.0582 e. The second-order valence-electron chi connectivity index (χ2n) is 3.66. The molecule has 0 spiro atoms. The highest BCUT2D eigenvalue weighted by molar-refractivity contribution is 7.99. The molecule has 0 fully saturated rings. The number of anilines is 4. The molecule has 0 unspecified atom stereocenters. The summed E-state index contributed by atoms with van der Waals surface area (Å²) in [7, 11) is 0. The number of rotatable bonds is 2. The molecule has 0 aliphatic heterocycles. The summed E-state index contributed by atoms with van der Waals surface area (Å²) in [6.07, 6.45) is 0. The zero-order chi connectivity index (χ0) is 12.4. The molecule has 2 aromatic rings. The van der Waals surface area contributed by atoms with Crippen molar-refractivity contribution in [1.82, 2.24) is 0 Å². The van der Waals surface area contributed by atoms with Crippen molar-refractivity contribution in [2.45, 2.75) is 9.79 Å². The van der Waals surface area contributed by atoms with Crippen LogP contribution in [0.4, 0.5) is 22.7 Å². The van der Waals surface area contributed by atoms with Crippen LogP contribution in [0.2, 0.25) is 0 Å². The Morgan fingerprint density at radius 2 is 1.41 bits per heavy atom. The minimum atomic E-state index is 0.623. The van der Waals surface area contributed by atoms with Crippen molar-refractivity contribution in [2.24, 2.45) is 0 Å². The van der Waals surface area contributed by atoms with Gasteiger partial charge in [-0.15, -0.1) is 0 Å². The van der Waals surface area contributed by atoms with Gasteiger partial charge in [0.05, 0.1) is 4.90 Å². The Labute approximate surface area is 104 Å². The molecule has 2 aromatic carbocycles. The van der Waals surface area contributed by atoms with Crippen LogP contribution in [0.3, 0.4) is 0 Å². The highest BCUT2D eigenvalue weighted by Gasteiger charge is 2.08. The van der Waals surface area contributed by atoms with Crippen LogP contribution in [-0.2, 0) is 0 Å². The average molecular weight is 246 g/mol. The van der Waals surface area contributed by atoms with E-state index < -0.39 is 0 Å². The monoisotopic (exact) mass is 246 g/mol. The van der Waals surface area contributed by atoms with E-state index in [1.165, 1.54) is 11.8 Å². The van der Waals surface area contributed by atoms with Crippen LogP contribution in [0.15, 0.2) is 46.2 Å². The fourth-order valence-electron chi connectivity index (χ4n) is 1.46. The first-order valence-corrected chi connectivity index (χ1v) is 5.86. The quantitative estimate of drug-likeness (QED) is 0.608. The van der Waals surface area contributed by atoms with E-state index in [1.54, 1.807) is 12.1 Å². The lowest BCUT2D eigenvalue weighted by Crippen LogP contribution is -1.96. The van der Waals surface area contributed by atoms with Gasteiger partial charge in [0.2, 0.25) is 0 Å². The molecule has 2 rings (SSSR count). The average Bonchev–Trinajstić information content (AvgIpc) is 2.26. The standard InChI is InChI=1S/C12H14N4S/c13-7-4-5-11(10(16)6-7)17-12-8(14)2-1-3-9(12)15/h1-6H,13-16H2. The lowest BCUT2D eigenvalue weighted by Gasteiger charge is -2.10. The first-order valence-electron chi connectivity index (χ1n) is 5.04. The largest absolute Gasteiger partial charge is 0.399 e. The Hall–Kier alpha value is -2.01. The molecule has 0 saturated carbocycles. The molecule has 88 valence electrons. The molecule has 0 amide bonds. The highest BCUT2D eigenvalue weighted by atomic mass is 32.2. The minimum Gasteiger partial charge on any atom is -0.399 e. The van der Waals surface area contributed by atoms with Crippen LogP contribution in [0.1, 0.15) is 0 Å².